The number of aromatic hydroxyl groups is 1. The maximum Gasteiger partial charge on any atom is 0.234 e. The minimum atomic E-state index is -0.568. The zero-order chi connectivity index (χ0) is 22.5. The van der Waals surface area contributed by atoms with Crippen LogP contribution in [0.1, 0.15) is 25.3 Å². The molecule has 8 heteroatoms. The third-order valence-electron chi connectivity index (χ3n) is 4.73. The van der Waals surface area contributed by atoms with Crippen LogP contribution < -0.4 is 10.6 Å². The lowest BCUT2D eigenvalue weighted by molar-refractivity contribution is -0.114. The molecule has 0 aliphatic carbocycles. The van der Waals surface area contributed by atoms with E-state index in [2.05, 4.69) is 32.6 Å². The molecule has 2 aromatic carbocycles. The molecule has 31 heavy (non-hydrogen) atoms. The van der Waals surface area contributed by atoms with Crippen LogP contribution in [-0.4, -0.2) is 22.5 Å². The van der Waals surface area contributed by atoms with Gasteiger partial charge >= 0.3 is 0 Å². The molecule has 0 bridgehead atoms. The lowest BCUT2D eigenvalue weighted by Crippen LogP contribution is -2.27. The molecule has 6 nitrogen and oxygen atoms in total. The van der Waals surface area contributed by atoms with Gasteiger partial charge in [0, 0.05) is 21.4 Å². The normalized spacial score (nSPS) is 15.9. The monoisotopic (exact) mass is 497 g/mol. The molecule has 0 aromatic heterocycles. The summed E-state index contributed by atoms with van der Waals surface area (Å²) in [6.45, 7) is 3.24. The molecule has 1 unspecified atom stereocenters. The van der Waals surface area contributed by atoms with Crippen LogP contribution in [0.15, 0.2) is 74.9 Å². The fourth-order valence-electron chi connectivity index (χ4n) is 3.36. The summed E-state index contributed by atoms with van der Waals surface area (Å²) in [7, 11) is 0. The van der Waals surface area contributed by atoms with Crippen LogP contribution >= 0.6 is 27.7 Å². The molecule has 3 rings (SSSR count). The number of ketones is 1. The van der Waals surface area contributed by atoms with Crippen LogP contribution in [0.3, 0.4) is 0 Å². The predicted molar refractivity (Wildman–Crippen MR) is 125 cm³/mol. The van der Waals surface area contributed by atoms with E-state index >= 15 is 0 Å². The highest BCUT2D eigenvalue weighted by molar-refractivity contribution is 9.10. The number of nitrogens with zero attached hydrogens (tertiary/aromatic N) is 1. The van der Waals surface area contributed by atoms with Gasteiger partial charge in [0.05, 0.1) is 28.3 Å². The number of allylic oxidation sites excluding steroid dienone is 3. The second kappa shape index (κ2) is 9.86. The summed E-state index contributed by atoms with van der Waals surface area (Å²) < 4.78 is 0.916. The van der Waals surface area contributed by atoms with Gasteiger partial charge in [-0.25, -0.2) is 0 Å². The van der Waals surface area contributed by atoms with Gasteiger partial charge in [-0.1, -0.05) is 39.8 Å². The molecular formula is C23H20BrN3O3S. The van der Waals surface area contributed by atoms with E-state index < -0.39 is 5.92 Å². The minimum absolute atomic E-state index is 0.0918. The topological polar surface area (TPSA) is 102 Å². The zero-order valence-electron chi connectivity index (χ0n) is 16.9. The third kappa shape index (κ3) is 5.37. The zero-order valence-corrected chi connectivity index (χ0v) is 19.3. The molecule has 0 radical (unpaired) electrons. The number of hydrogen-bond donors (Lipinski definition) is 3. The van der Waals surface area contributed by atoms with E-state index in [0.29, 0.717) is 27.6 Å². The van der Waals surface area contributed by atoms with Crippen LogP contribution in [0.25, 0.3) is 0 Å². The number of hydrogen-bond acceptors (Lipinski definition) is 6. The molecule has 0 saturated heterocycles. The number of phenols is 1. The van der Waals surface area contributed by atoms with Crippen molar-refractivity contribution in [1.29, 1.82) is 5.26 Å². The van der Waals surface area contributed by atoms with Gasteiger partial charge in [0.25, 0.3) is 0 Å². The first-order chi connectivity index (χ1) is 14.8. The Morgan fingerprint density at radius 1 is 1.19 bits per heavy atom. The number of nitrogens with one attached hydrogen (secondary N) is 2. The Labute approximate surface area is 193 Å². The second-order valence-corrected chi connectivity index (χ2v) is 8.84. The molecule has 158 valence electrons. The Bertz CT molecular complexity index is 1120. The van der Waals surface area contributed by atoms with Crippen molar-refractivity contribution in [2.75, 3.05) is 11.1 Å². The Morgan fingerprint density at radius 2 is 1.84 bits per heavy atom. The molecule has 1 atom stereocenters. The van der Waals surface area contributed by atoms with E-state index in [1.54, 1.807) is 31.2 Å². The smallest absolute Gasteiger partial charge is 0.234 e. The number of anilines is 1. The number of amides is 1. The number of Topliss-reactive ketones (excluding diaryl/α,β-unsaturated/α-hetero) is 1. The number of benzene rings is 2. The quantitative estimate of drug-likeness (QED) is 0.528. The summed E-state index contributed by atoms with van der Waals surface area (Å²) in [6, 6.07) is 15.9. The van der Waals surface area contributed by atoms with Crippen molar-refractivity contribution in [2.45, 2.75) is 19.8 Å². The molecular weight excluding hydrogens is 478 g/mol. The van der Waals surface area contributed by atoms with Crippen molar-refractivity contribution in [2.24, 2.45) is 0 Å². The van der Waals surface area contributed by atoms with Gasteiger partial charge in [0.15, 0.2) is 5.78 Å². The van der Waals surface area contributed by atoms with E-state index in [0.717, 1.165) is 10.0 Å². The maximum absolute atomic E-state index is 12.4. The van der Waals surface area contributed by atoms with Gasteiger partial charge in [-0.3, -0.25) is 9.59 Å². The molecule has 0 fully saturated rings. The van der Waals surface area contributed by atoms with Crippen molar-refractivity contribution in [3.63, 3.8) is 0 Å². The van der Waals surface area contributed by atoms with Gasteiger partial charge in [-0.15, -0.1) is 0 Å². The molecule has 1 heterocycles. The van der Waals surface area contributed by atoms with Gasteiger partial charge < -0.3 is 15.7 Å². The molecule has 2 aromatic rings. The summed E-state index contributed by atoms with van der Waals surface area (Å²) >= 11 is 4.56. The molecule has 1 amide bonds. The van der Waals surface area contributed by atoms with E-state index in [1.165, 1.54) is 30.8 Å². The van der Waals surface area contributed by atoms with E-state index in [4.69, 9.17) is 0 Å². The number of carbonyl (C=O) groups excluding carboxylic acids is 2. The summed E-state index contributed by atoms with van der Waals surface area (Å²) in [5.74, 6) is -0.730. The number of nitriles is 1. The summed E-state index contributed by atoms with van der Waals surface area (Å²) in [5.41, 5.74) is 2.89. The highest BCUT2D eigenvalue weighted by Gasteiger charge is 2.33. The average molecular weight is 498 g/mol. The van der Waals surface area contributed by atoms with Gasteiger partial charge in [-0.05, 0) is 55.8 Å². The number of dihydropyridines is 1. The van der Waals surface area contributed by atoms with Crippen LogP contribution in [0.4, 0.5) is 5.69 Å². The van der Waals surface area contributed by atoms with Crippen molar-refractivity contribution < 1.29 is 14.7 Å². The maximum atomic E-state index is 12.4. The van der Waals surface area contributed by atoms with Gasteiger partial charge in [0.1, 0.15) is 5.75 Å². The van der Waals surface area contributed by atoms with Crippen LogP contribution in [-0.2, 0) is 9.59 Å². The minimum Gasteiger partial charge on any atom is -0.508 e. The third-order valence-corrected chi connectivity index (χ3v) is 6.27. The van der Waals surface area contributed by atoms with Crippen LogP contribution in [0.5, 0.6) is 5.75 Å². The fraction of sp³-hybridized carbons (Fsp3) is 0.174. The summed E-state index contributed by atoms with van der Waals surface area (Å²) in [6.07, 6.45) is 0. The fourth-order valence-corrected chi connectivity index (χ4v) is 4.52. The summed E-state index contributed by atoms with van der Waals surface area (Å²) in [5, 5.41) is 26.0. The van der Waals surface area contributed by atoms with E-state index in [1.807, 2.05) is 12.1 Å². The van der Waals surface area contributed by atoms with Crippen molar-refractivity contribution >= 4 is 45.1 Å². The number of carbonyl (C=O) groups is 2. The highest BCUT2D eigenvalue weighted by atomic mass is 79.9. The van der Waals surface area contributed by atoms with E-state index in [9.17, 15) is 20.0 Å². The first kappa shape index (κ1) is 22.7. The standard InChI is InChI=1S/C23H20BrN3O3S/c1-13-21(14(2)28)22(15-3-9-18(29)10-4-15)19(11-25)23(26-13)31-12-20(30)27-17-7-5-16(24)6-8-17/h3-10,22,26,29H,12H2,1-2H3,(H,27,30). The lowest BCUT2D eigenvalue weighted by atomic mass is 9.81. The van der Waals surface area contributed by atoms with Gasteiger partial charge in [0.2, 0.25) is 5.91 Å². The van der Waals surface area contributed by atoms with Crippen molar-refractivity contribution in [1.82, 2.24) is 5.32 Å². The second-order valence-electron chi connectivity index (χ2n) is 6.94. The van der Waals surface area contributed by atoms with Gasteiger partial charge in [-0.2, -0.15) is 5.26 Å². The average Bonchev–Trinajstić information content (AvgIpc) is 2.73. The molecule has 1 aliphatic heterocycles. The largest absolute Gasteiger partial charge is 0.508 e. The predicted octanol–water partition coefficient (Wildman–Crippen LogP) is 4.81. The molecule has 0 saturated carbocycles. The lowest BCUT2D eigenvalue weighted by Gasteiger charge is -2.29. The Balaban J connectivity index is 1.86. The first-order valence-corrected chi connectivity index (χ1v) is 11.2. The van der Waals surface area contributed by atoms with E-state index in [-0.39, 0.29) is 23.2 Å². The highest BCUT2D eigenvalue weighted by Crippen LogP contribution is 2.41. The first-order valence-electron chi connectivity index (χ1n) is 9.40. The number of phenolic OH excluding ortho intramolecular Hbond substituents is 1. The number of halogens is 1. The molecule has 0 spiro atoms. The number of rotatable bonds is 6. The Morgan fingerprint density at radius 3 is 2.42 bits per heavy atom. The number of thioether (sulfide) groups is 1. The Kier molecular flexibility index (Phi) is 7.21. The molecule has 1 aliphatic rings. The SMILES string of the molecule is CC(=O)C1=C(C)NC(SCC(=O)Nc2ccc(Br)cc2)=C(C#N)C1c1ccc(O)cc1. The van der Waals surface area contributed by atoms with Crippen molar-refractivity contribution in [3.8, 4) is 11.8 Å². The molecule has 3 N–H and O–H groups in total. The Hall–Kier alpha value is -3.02. The van der Waals surface area contributed by atoms with Crippen LogP contribution in [0, 0.1) is 11.3 Å². The summed E-state index contributed by atoms with van der Waals surface area (Å²) in [4.78, 5) is 24.8. The van der Waals surface area contributed by atoms with Crippen LogP contribution in [0.2, 0.25) is 0 Å². The van der Waals surface area contributed by atoms with Crippen molar-refractivity contribution in [3.05, 3.63) is 80.4 Å².